The Kier molecular flexibility index (Phi) is 6.50. The van der Waals surface area contributed by atoms with Crippen molar-refractivity contribution in [3.8, 4) is 5.88 Å². The van der Waals surface area contributed by atoms with Gasteiger partial charge in [0.15, 0.2) is 0 Å². The first-order valence-corrected chi connectivity index (χ1v) is 6.60. The van der Waals surface area contributed by atoms with Gasteiger partial charge in [-0.3, -0.25) is 4.79 Å². The lowest BCUT2D eigenvalue weighted by Crippen LogP contribution is -2.23. The van der Waals surface area contributed by atoms with Crippen molar-refractivity contribution in [1.29, 1.82) is 0 Å². The Morgan fingerprint density at radius 1 is 1.56 bits per heavy atom. The maximum atomic E-state index is 11.5. The molecule has 1 rings (SSSR count). The second-order valence-electron chi connectivity index (χ2n) is 4.20. The minimum atomic E-state index is -0.00463. The molecular formula is C13H19ClN2O2. The van der Waals surface area contributed by atoms with Gasteiger partial charge in [0.05, 0.1) is 6.10 Å². The van der Waals surface area contributed by atoms with Gasteiger partial charge in [-0.1, -0.05) is 6.07 Å². The number of hydrogen-bond donors (Lipinski definition) is 1. The molecule has 0 unspecified atom stereocenters. The van der Waals surface area contributed by atoms with Gasteiger partial charge >= 0.3 is 0 Å². The van der Waals surface area contributed by atoms with E-state index in [1.165, 1.54) is 0 Å². The number of halogens is 1. The van der Waals surface area contributed by atoms with E-state index in [0.717, 1.165) is 5.56 Å². The average Bonchev–Trinajstić information content (AvgIpc) is 2.34. The third-order valence-electron chi connectivity index (χ3n) is 2.21. The zero-order valence-corrected chi connectivity index (χ0v) is 11.5. The van der Waals surface area contributed by atoms with Crippen molar-refractivity contribution >= 4 is 17.5 Å². The van der Waals surface area contributed by atoms with Gasteiger partial charge in [-0.2, -0.15) is 0 Å². The van der Waals surface area contributed by atoms with E-state index < -0.39 is 0 Å². The van der Waals surface area contributed by atoms with E-state index in [0.29, 0.717) is 31.1 Å². The molecule has 0 aliphatic carbocycles. The Balaban J connectivity index is 2.53. The molecule has 0 aliphatic heterocycles. The Morgan fingerprint density at radius 2 is 2.33 bits per heavy atom. The van der Waals surface area contributed by atoms with Crippen LogP contribution in [-0.4, -0.2) is 22.9 Å². The molecule has 100 valence electrons. The third kappa shape index (κ3) is 5.36. The van der Waals surface area contributed by atoms with Gasteiger partial charge in [0, 0.05) is 30.6 Å². The van der Waals surface area contributed by atoms with Crippen LogP contribution in [0.15, 0.2) is 18.3 Å². The molecule has 0 saturated carbocycles. The fraction of sp³-hybridized carbons (Fsp3) is 0.538. The topological polar surface area (TPSA) is 51.2 Å². The maximum Gasteiger partial charge on any atom is 0.220 e. The number of amides is 1. The number of aromatic nitrogens is 1. The van der Waals surface area contributed by atoms with Gasteiger partial charge < -0.3 is 10.1 Å². The first-order valence-electron chi connectivity index (χ1n) is 6.06. The SMILES string of the molecule is CC(C)Oc1ncccc1CNC(=O)CCCCl. The number of rotatable bonds is 7. The minimum absolute atomic E-state index is 0.00463. The van der Waals surface area contributed by atoms with E-state index in [-0.39, 0.29) is 12.0 Å². The molecule has 1 aromatic heterocycles. The fourth-order valence-electron chi connectivity index (χ4n) is 1.40. The number of pyridine rings is 1. The standard InChI is InChI=1S/C13H19ClN2O2/c1-10(2)18-13-11(5-4-8-15-13)9-16-12(17)6-3-7-14/h4-5,8,10H,3,6-7,9H2,1-2H3,(H,16,17). The normalized spacial score (nSPS) is 10.4. The number of alkyl halides is 1. The Bertz CT molecular complexity index is 383. The van der Waals surface area contributed by atoms with E-state index in [9.17, 15) is 4.79 Å². The number of carbonyl (C=O) groups is 1. The van der Waals surface area contributed by atoms with Crippen LogP contribution in [0.4, 0.5) is 0 Å². The van der Waals surface area contributed by atoms with E-state index in [4.69, 9.17) is 16.3 Å². The summed E-state index contributed by atoms with van der Waals surface area (Å²) in [5.74, 6) is 1.07. The lowest BCUT2D eigenvalue weighted by atomic mass is 10.2. The largest absolute Gasteiger partial charge is 0.475 e. The molecule has 4 nitrogen and oxygen atoms in total. The number of ether oxygens (including phenoxy) is 1. The molecule has 18 heavy (non-hydrogen) atoms. The maximum absolute atomic E-state index is 11.5. The predicted octanol–water partition coefficient (Wildman–Crippen LogP) is 2.50. The molecule has 0 aromatic carbocycles. The molecule has 1 amide bonds. The van der Waals surface area contributed by atoms with Crippen LogP contribution in [-0.2, 0) is 11.3 Å². The highest BCUT2D eigenvalue weighted by Gasteiger charge is 2.08. The molecule has 0 fully saturated rings. The minimum Gasteiger partial charge on any atom is -0.475 e. The predicted molar refractivity (Wildman–Crippen MR) is 71.8 cm³/mol. The molecule has 1 N–H and O–H groups in total. The summed E-state index contributed by atoms with van der Waals surface area (Å²) in [5.41, 5.74) is 0.880. The Hall–Kier alpha value is -1.29. The van der Waals surface area contributed by atoms with Gasteiger partial charge in [-0.15, -0.1) is 11.6 Å². The van der Waals surface area contributed by atoms with Crippen LogP contribution in [0.25, 0.3) is 0 Å². The molecule has 1 aromatic rings. The van der Waals surface area contributed by atoms with Gasteiger partial charge in [0.1, 0.15) is 0 Å². The summed E-state index contributed by atoms with van der Waals surface area (Å²) in [7, 11) is 0. The van der Waals surface area contributed by atoms with Crippen LogP contribution in [0.1, 0.15) is 32.3 Å². The summed E-state index contributed by atoms with van der Waals surface area (Å²) in [4.78, 5) is 15.6. The van der Waals surface area contributed by atoms with Crippen LogP contribution >= 0.6 is 11.6 Å². The monoisotopic (exact) mass is 270 g/mol. The van der Waals surface area contributed by atoms with Crippen molar-refractivity contribution in [1.82, 2.24) is 10.3 Å². The highest BCUT2D eigenvalue weighted by Crippen LogP contribution is 2.15. The molecule has 0 saturated heterocycles. The summed E-state index contributed by atoms with van der Waals surface area (Å²) < 4.78 is 5.58. The number of carbonyl (C=O) groups excluding carboxylic acids is 1. The highest BCUT2D eigenvalue weighted by atomic mass is 35.5. The number of hydrogen-bond acceptors (Lipinski definition) is 3. The van der Waals surface area contributed by atoms with Gasteiger partial charge in [0.2, 0.25) is 11.8 Å². The summed E-state index contributed by atoms with van der Waals surface area (Å²) in [6, 6.07) is 3.72. The quantitative estimate of drug-likeness (QED) is 0.775. The summed E-state index contributed by atoms with van der Waals surface area (Å²) in [6.07, 6.45) is 2.88. The van der Waals surface area contributed by atoms with Gasteiger partial charge in [0.25, 0.3) is 0 Å². The lowest BCUT2D eigenvalue weighted by Gasteiger charge is -2.13. The van der Waals surface area contributed by atoms with Crippen LogP contribution in [0.5, 0.6) is 5.88 Å². The van der Waals surface area contributed by atoms with E-state index in [2.05, 4.69) is 10.3 Å². The van der Waals surface area contributed by atoms with Crippen LogP contribution in [0.3, 0.4) is 0 Å². The van der Waals surface area contributed by atoms with Crippen molar-refractivity contribution in [2.24, 2.45) is 0 Å². The molecule has 0 atom stereocenters. The van der Waals surface area contributed by atoms with Crippen LogP contribution in [0.2, 0.25) is 0 Å². The highest BCUT2D eigenvalue weighted by molar-refractivity contribution is 6.17. The van der Waals surface area contributed by atoms with Crippen LogP contribution in [0, 0.1) is 0 Å². The summed E-state index contributed by atoms with van der Waals surface area (Å²) in [5, 5.41) is 2.83. The fourth-order valence-corrected chi connectivity index (χ4v) is 1.53. The first-order chi connectivity index (χ1) is 8.63. The van der Waals surface area contributed by atoms with Crippen molar-refractivity contribution in [3.05, 3.63) is 23.9 Å². The second kappa shape index (κ2) is 7.93. The van der Waals surface area contributed by atoms with Gasteiger partial charge in [-0.05, 0) is 26.3 Å². The molecule has 0 spiro atoms. The zero-order valence-electron chi connectivity index (χ0n) is 10.8. The molecule has 5 heteroatoms. The Labute approximate surface area is 113 Å². The average molecular weight is 271 g/mol. The van der Waals surface area contributed by atoms with Crippen molar-refractivity contribution in [2.45, 2.75) is 39.3 Å². The molecule has 1 heterocycles. The lowest BCUT2D eigenvalue weighted by molar-refractivity contribution is -0.121. The molecule has 0 radical (unpaired) electrons. The van der Waals surface area contributed by atoms with Crippen molar-refractivity contribution < 1.29 is 9.53 Å². The zero-order chi connectivity index (χ0) is 13.4. The van der Waals surface area contributed by atoms with Crippen molar-refractivity contribution in [3.63, 3.8) is 0 Å². The van der Waals surface area contributed by atoms with Crippen molar-refractivity contribution in [2.75, 3.05) is 5.88 Å². The molecule has 0 aliphatic rings. The van der Waals surface area contributed by atoms with Crippen LogP contribution < -0.4 is 10.1 Å². The van der Waals surface area contributed by atoms with Gasteiger partial charge in [-0.25, -0.2) is 4.98 Å². The summed E-state index contributed by atoms with van der Waals surface area (Å²) >= 11 is 5.54. The molecular weight excluding hydrogens is 252 g/mol. The summed E-state index contributed by atoms with van der Waals surface area (Å²) in [6.45, 7) is 4.31. The van der Waals surface area contributed by atoms with E-state index >= 15 is 0 Å². The van der Waals surface area contributed by atoms with E-state index in [1.54, 1.807) is 6.20 Å². The van der Waals surface area contributed by atoms with E-state index in [1.807, 2.05) is 26.0 Å². The molecule has 0 bridgehead atoms. The number of nitrogens with zero attached hydrogens (tertiary/aromatic N) is 1. The second-order valence-corrected chi connectivity index (χ2v) is 4.58. The smallest absolute Gasteiger partial charge is 0.220 e. The Morgan fingerprint density at radius 3 is 3.00 bits per heavy atom. The number of nitrogens with one attached hydrogen (secondary N) is 1. The third-order valence-corrected chi connectivity index (χ3v) is 2.48. The first kappa shape index (κ1) is 14.8.